The zero-order valence-electron chi connectivity index (χ0n) is 9.32. The minimum atomic E-state index is -0.357. The number of rotatable bonds is 1. The molecule has 6 heteroatoms. The van der Waals surface area contributed by atoms with Crippen molar-refractivity contribution in [1.29, 1.82) is 0 Å². The van der Waals surface area contributed by atoms with Crippen molar-refractivity contribution in [3.8, 4) is 0 Å². The molecule has 0 fully saturated rings. The maximum atomic E-state index is 12.0. The molecule has 3 aromatic rings. The molecule has 0 amide bonds. The number of hydrogen-bond donors (Lipinski definition) is 1. The van der Waals surface area contributed by atoms with Crippen LogP contribution in [-0.2, 0) is 0 Å². The van der Waals surface area contributed by atoms with Gasteiger partial charge in [0.1, 0.15) is 12.0 Å². The van der Waals surface area contributed by atoms with E-state index in [1.54, 1.807) is 6.07 Å². The summed E-state index contributed by atoms with van der Waals surface area (Å²) in [6, 6.07) is 11.1. The highest BCUT2D eigenvalue weighted by Gasteiger charge is 2.12. The lowest BCUT2D eigenvalue weighted by atomic mass is 10.2. The quantitative estimate of drug-likeness (QED) is 0.687. The Labute approximate surface area is 102 Å². The van der Waals surface area contributed by atoms with E-state index in [2.05, 4.69) is 15.1 Å². The Balaban J connectivity index is 2.06. The van der Waals surface area contributed by atoms with Gasteiger partial charge in [0.25, 0.3) is 5.91 Å². The maximum Gasteiger partial charge on any atom is 0.298 e. The molecule has 0 unspecified atom stereocenters. The summed E-state index contributed by atoms with van der Waals surface area (Å²) in [5.74, 6) is -0.297. The first-order valence-corrected chi connectivity index (χ1v) is 5.32. The second-order valence-corrected chi connectivity index (χ2v) is 3.74. The number of nitrogens with zero attached hydrogens (tertiary/aromatic N) is 4. The van der Waals surface area contributed by atoms with E-state index in [4.69, 9.17) is 5.73 Å². The molecule has 0 aliphatic heterocycles. The molecule has 0 atom stereocenters. The number of fused-ring (bicyclic) bond motifs is 1. The predicted octanol–water partition coefficient (Wildman–Crippen LogP) is 1.10. The molecule has 0 spiro atoms. The van der Waals surface area contributed by atoms with Gasteiger partial charge in [-0.2, -0.15) is 4.68 Å². The van der Waals surface area contributed by atoms with E-state index in [9.17, 15) is 4.79 Å². The van der Waals surface area contributed by atoms with Crippen LogP contribution in [0.2, 0.25) is 0 Å². The Bertz CT molecular complexity index is 734. The molecule has 6 nitrogen and oxygen atoms in total. The lowest BCUT2D eigenvalue weighted by molar-refractivity contribution is 0.0940. The zero-order valence-corrected chi connectivity index (χ0v) is 9.32. The molecule has 2 aromatic heterocycles. The fourth-order valence-electron chi connectivity index (χ4n) is 1.68. The highest BCUT2D eigenvalue weighted by atomic mass is 16.2. The average molecular weight is 239 g/mol. The van der Waals surface area contributed by atoms with Gasteiger partial charge in [0.2, 0.25) is 5.95 Å². The van der Waals surface area contributed by atoms with Crippen LogP contribution in [0.25, 0.3) is 10.9 Å². The third-order valence-corrected chi connectivity index (χ3v) is 2.54. The highest BCUT2D eigenvalue weighted by Crippen LogP contribution is 2.12. The van der Waals surface area contributed by atoms with E-state index in [1.165, 1.54) is 6.33 Å². The number of hydrogen-bond acceptors (Lipinski definition) is 5. The number of nitrogen functional groups attached to an aromatic ring is 1. The van der Waals surface area contributed by atoms with Gasteiger partial charge in [-0.1, -0.05) is 24.3 Å². The van der Waals surface area contributed by atoms with Crippen LogP contribution in [0.5, 0.6) is 0 Å². The van der Waals surface area contributed by atoms with Crippen LogP contribution in [0.1, 0.15) is 10.5 Å². The van der Waals surface area contributed by atoms with Crippen LogP contribution in [-0.4, -0.2) is 25.7 Å². The van der Waals surface area contributed by atoms with E-state index in [-0.39, 0.29) is 11.9 Å². The molecule has 0 saturated heterocycles. The Morgan fingerprint density at radius 1 is 1.17 bits per heavy atom. The summed E-state index contributed by atoms with van der Waals surface area (Å²) < 4.78 is 1.08. The molecular formula is C12H9N5O. The van der Waals surface area contributed by atoms with Crippen molar-refractivity contribution >= 4 is 22.8 Å². The number of nitrogens with two attached hydrogens (primary N) is 1. The van der Waals surface area contributed by atoms with E-state index in [0.29, 0.717) is 5.69 Å². The van der Waals surface area contributed by atoms with Crippen LogP contribution in [0.15, 0.2) is 42.7 Å². The molecule has 3 rings (SSSR count). The maximum absolute atomic E-state index is 12.0. The van der Waals surface area contributed by atoms with Gasteiger partial charge in [0.05, 0.1) is 5.52 Å². The molecule has 2 N–H and O–H groups in total. The van der Waals surface area contributed by atoms with Gasteiger partial charge in [-0.15, -0.1) is 5.10 Å². The number of aromatic nitrogens is 4. The summed E-state index contributed by atoms with van der Waals surface area (Å²) in [7, 11) is 0. The van der Waals surface area contributed by atoms with Crippen LogP contribution in [0.3, 0.4) is 0 Å². The van der Waals surface area contributed by atoms with Gasteiger partial charge in [-0.3, -0.25) is 4.79 Å². The summed E-state index contributed by atoms with van der Waals surface area (Å²) in [5.41, 5.74) is 6.43. The minimum Gasteiger partial charge on any atom is -0.366 e. The third-order valence-electron chi connectivity index (χ3n) is 2.54. The predicted molar refractivity (Wildman–Crippen MR) is 65.9 cm³/mol. The largest absolute Gasteiger partial charge is 0.366 e. The second-order valence-electron chi connectivity index (χ2n) is 3.74. The summed E-state index contributed by atoms with van der Waals surface area (Å²) in [5, 5.41) is 4.74. The Kier molecular flexibility index (Phi) is 2.26. The SMILES string of the molecule is Nc1ncn(C(=O)c2ccc3ccccc3n2)n1. The summed E-state index contributed by atoms with van der Waals surface area (Å²) in [6.45, 7) is 0. The van der Waals surface area contributed by atoms with Crippen molar-refractivity contribution in [2.24, 2.45) is 0 Å². The molecule has 2 heterocycles. The number of carbonyl (C=O) groups excluding carboxylic acids is 1. The molecule has 0 bridgehead atoms. The van der Waals surface area contributed by atoms with E-state index in [0.717, 1.165) is 15.6 Å². The van der Waals surface area contributed by atoms with Crippen molar-refractivity contribution in [1.82, 2.24) is 19.7 Å². The van der Waals surface area contributed by atoms with Crippen LogP contribution in [0.4, 0.5) is 5.95 Å². The monoisotopic (exact) mass is 239 g/mol. The van der Waals surface area contributed by atoms with Gasteiger partial charge < -0.3 is 5.73 Å². The second kappa shape index (κ2) is 3.92. The summed E-state index contributed by atoms with van der Waals surface area (Å²) >= 11 is 0. The molecule has 0 aliphatic carbocycles. The van der Waals surface area contributed by atoms with Gasteiger partial charge in [-0.05, 0) is 12.1 Å². The Morgan fingerprint density at radius 2 is 2.00 bits per heavy atom. The molecule has 0 radical (unpaired) electrons. The van der Waals surface area contributed by atoms with Gasteiger partial charge >= 0.3 is 0 Å². The highest BCUT2D eigenvalue weighted by molar-refractivity contribution is 5.95. The summed E-state index contributed by atoms with van der Waals surface area (Å²) in [6.07, 6.45) is 1.27. The van der Waals surface area contributed by atoms with Crippen LogP contribution in [0, 0.1) is 0 Å². The van der Waals surface area contributed by atoms with Crippen molar-refractivity contribution < 1.29 is 4.79 Å². The summed E-state index contributed by atoms with van der Waals surface area (Å²) in [4.78, 5) is 20.0. The minimum absolute atomic E-state index is 0.0594. The topological polar surface area (TPSA) is 86.7 Å². The average Bonchev–Trinajstić information content (AvgIpc) is 2.84. The first-order valence-electron chi connectivity index (χ1n) is 5.32. The number of para-hydroxylation sites is 1. The molecule has 88 valence electrons. The molecule has 0 aliphatic rings. The molecule has 0 saturated carbocycles. The third kappa shape index (κ3) is 1.69. The molecule has 1 aromatic carbocycles. The Hall–Kier alpha value is -2.76. The van der Waals surface area contributed by atoms with Gasteiger partial charge in [0, 0.05) is 5.39 Å². The standard InChI is InChI=1S/C12H9N5O/c13-12-14-7-17(16-12)11(18)10-6-5-8-3-1-2-4-9(8)15-10/h1-7H,(H2,13,16). The van der Waals surface area contributed by atoms with Crippen LogP contribution >= 0.6 is 0 Å². The number of carbonyl (C=O) groups is 1. The lowest BCUT2D eigenvalue weighted by Crippen LogP contribution is -2.14. The van der Waals surface area contributed by atoms with Crippen molar-refractivity contribution in [3.63, 3.8) is 0 Å². The van der Waals surface area contributed by atoms with E-state index < -0.39 is 0 Å². The van der Waals surface area contributed by atoms with E-state index >= 15 is 0 Å². The zero-order chi connectivity index (χ0) is 12.5. The normalized spacial score (nSPS) is 10.7. The fraction of sp³-hybridized carbons (Fsp3) is 0. The van der Waals surface area contributed by atoms with Crippen LogP contribution < -0.4 is 5.73 Å². The Morgan fingerprint density at radius 3 is 2.78 bits per heavy atom. The molecule has 18 heavy (non-hydrogen) atoms. The molecular weight excluding hydrogens is 230 g/mol. The number of pyridine rings is 1. The number of benzene rings is 1. The van der Waals surface area contributed by atoms with E-state index in [1.807, 2.05) is 30.3 Å². The van der Waals surface area contributed by atoms with Crippen molar-refractivity contribution in [2.75, 3.05) is 5.73 Å². The first kappa shape index (κ1) is 10.4. The smallest absolute Gasteiger partial charge is 0.298 e. The van der Waals surface area contributed by atoms with Gasteiger partial charge in [0.15, 0.2) is 0 Å². The fourth-order valence-corrected chi connectivity index (χ4v) is 1.68. The number of anilines is 1. The first-order chi connectivity index (χ1) is 8.74. The van der Waals surface area contributed by atoms with Crippen molar-refractivity contribution in [3.05, 3.63) is 48.4 Å². The van der Waals surface area contributed by atoms with Crippen molar-refractivity contribution in [2.45, 2.75) is 0 Å². The lowest BCUT2D eigenvalue weighted by Gasteiger charge is -2.01. The van der Waals surface area contributed by atoms with Gasteiger partial charge in [-0.25, -0.2) is 9.97 Å².